The Hall–Kier alpha value is -0.790. The van der Waals surface area contributed by atoms with E-state index < -0.39 is 0 Å². The Bertz CT molecular complexity index is 76.6. The summed E-state index contributed by atoms with van der Waals surface area (Å²) in [5, 5.41) is 0. The van der Waals surface area contributed by atoms with Crippen LogP contribution in [0.1, 0.15) is 7.43 Å². The monoisotopic (exact) mass is 115 g/mol. The summed E-state index contributed by atoms with van der Waals surface area (Å²) in [6, 6.07) is 0. The van der Waals surface area contributed by atoms with E-state index in [1.165, 1.54) is 6.08 Å². The molecule has 48 valence electrons. The quantitative estimate of drug-likeness (QED) is 0.393. The van der Waals surface area contributed by atoms with Crippen molar-refractivity contribution in [2.24, 2.45) is 0 Å². The maximum absolute atomic E-state index is 9.60. The molecule has 8 heavy (non-hydrogen) atoms. The number of hydrogen-bond acceptors (Lipinski definition) is 2. The number of carbonyl (C=O) groups is 1. The van der Waals surface area contributed by atoms with Crippen LogP contribution in [-0.2, 0) is 4.79 Å². The van der Waals surface area contributed by atoms with Crippen molar-refractivity contribution in [3.63, 3.8) is 0 Å². The van der Waals surface area contributed by atoms with E-state index in [0.29, 0.717) is 0 Å². The average molecular weight is 115 g/mol. The van der Waals surface area contributed by atoms with Crippen LogP contribution < -0.4 is 0 Å². The van der Waals surface area contributed by atoms with Gasteiger partial charge in [0.15, 0.2) is 0 Å². The van der Waals surface area contributed by atoms with Crippen molar-refractivity contribution in [2.45, 2.75) is 7.43 Å². The predicted molar refractivity (Wildman–Crippen MR) is 35.6 cm³/mol. The van der Waals surface area contributed by atoms with Crippen LogP contribution in [0.2, 0.25) is 0 Å². The van der Waals surface area contributed by atoms with Gasteiger partial charge in [-0.1, -0.05) is 7.43 Å². The lowest BCUT2D eigenvalue weighted by atomic mass is 10.6. The number of aldehydes is 1. The van der Waals surface area contributed by atoms with Crippen molar-refractivity contribution in [3.8, 4) is 0 Å². The molecular weight excluding hydrogens is 102 g/mol. The zero-order valence-electron chi connectivity index (χ0n) is 4.59. The molecule has 0 unspecified atom stereocenters. The molecule has 0 aliphatic rings. The Balaban J connectivity index is 0. The first-order chi connectivity index (χ1) is 3.27. The molecule has 0 aromatic heterocycles. The molecule has 0 heterocycles. The second kappa shape index (κ2) is 6.21. The minimum absolute atomic E-state index is 0. The fraction of sp³-hybridized carbons (Fsp3) is 0.500. The van der Waals surface area contributed by atoms with E-state index in [1.54, 1.807) is 11.1 Å². The Kier molecular flexibility index (Phi) is 7.95. The zero-order valence-corrected chi connectivity index (χ0v) is 4.59. The average Bonchev–Trinajstić information content (AvgIpc) is 1.61. The summed E-state index contributed by atoms with van der Waals surface area (Å²) in [7, 11) is 3.72. The van der Waals surface area contributed by atoms with Crippen molar-refractivity contribution < 1.29 is 4.79 Å². The standard InChI is InChI=1S/C5H9NO.CH4/c1-6(2)4-3-5-7;/h3-5H,1-2H3;1H4/b4-3+;. The van der Waals surface area contributed by atoms with Gasteiger partial charge in [-0.25, -0.2) is 0 Å². The summed E-state index contributed by atoms with van der Waals surface area (Å²) in [5.74, 6) is 0. The van der Waals surface area contributed by atoms with Gasteiger partial charge >= 0.3 is 0 Å². The zero-order chi connectivity index (χ0) is 5.70. The third-order valence-corrected chi connectivity index (χ3v) is 0.463. The number of nitrogens with zero attached hydrogens (tertiary/aromatic N) is 1. The first kappa shape index (κ1) is 10.2. The molecule has 0 aromatic rings. The molecule has 0 amide bonds. The molecule has 0 bridgehead atoms. The van der Waals surface area contributed by atoms with Crippen LogP contribution in [0.4, 0.5) is 0 Å². The van der Waals surface area contributed by atoms with Gasteiger partial charge in [-0.05, 0) is 6.08 Å². The van der Waals surface area contributed by atoms with Crippen molar-refractivity contribution in [1.82, 2.24) is 4.90 Å². The third-order valence-electron chi connectivity index (χ3n) is 0.463. The highest BCUT2D eigenvalue weighted by Crippen LogP contribution is 1.71. The van der Waals surface area contributed by atoms with E-state index in [4.69, 9.17) is 0 Å². The van der Waals surface area contributed by atoms with Crippen LogP contribution in [0.15, 0.2) is 12.3 Å². The van der Waals surface area contributed by atoms with Gasteiger partial charge in [-0.15, -0.1) is 0 Å². The second-order valence-corrected chi connectivity index (χ2v) is 1.44. The van der Waals surface area contributed by atoms with E-state index in [2.05, 4.69) is 0 Å². The molecule has 0 N–H and O–H groups in total. The summed E-state index contributed by atoms with van der Waals surface area (Å²) >= 11 is 0. The summed E-state index contributed by atoms with van der Waals surface area (Å²) < 4.78 is 0. The normalized spacial score (nSPS) is 8.25. The Morgan fingerprint density at radius 1 is 1.38 bits per heavy atom. The molecule has 0 saturated carbocycles. The summed E-state index contributed by atoms with van der Waals surface area (Å²) in [5.41, 5.74) is 0. The van der Waals surface area contributed by atoms with Crippen LogP contribution in [0.25, 0.3) is 0 Å². The Labute approximate surface area is 50.8 Å². The third kappa shape index (κ3) is 8.96. The number of rotatable bonds is 2. The molecule has 0 aliphatic carbocycles. The topological polar surface area (TPSA) is 20.3 Å². The van der Waals surface area contributed by atoms with E-state index >= 15 is 0 Å². The molecule has 0 rings (SSSR count). The SMILES string of the molecule is C.CN(C)/C=C/C=O. The Morgan fingerprint density at radius 3 is 2.00 bits per heavy atom. The van der Waals surface area contributed by atoms with Gasteiger partial charge in [-0.3, -0.25) is 4.79 Å². The van der Waals surface area contributed by atoms with Crippen LogP contribution >= 0.6 is 0 Å². The van der Waals surface area contributed by atoms with Gasteiger partial charge in [0.1, 0.15) is 6.29 Å². The lowest BCUT2D eigenvalue weighted by molar-refractivity contribution is -0.104. The smallest absolute Gasteiger partial charge is 0.144 e. The van der Waals surface area contributed by atoms with Gasteiger partial charge in [0.2, 0.25) is 0 Å². The molecule has 2 nitrogen and oxygen atoms in total. The number of hydrogen-bond donors (Lipinski definition) is 0. The largest absolute Gasteiger partial charge is 0.383 e. The molecule has 0 aliphatic heterocycles. The molecule has 0 spiro atoms. The highest BCUT2D eigenvalue weighted by atomic mass is 16.1. The Morgan fingerprint density at radius 2 is 1.88 bits per heavy atom. The second-order valence-electron chi connectivity index (χ2n) is 1.44. The van der Waals surface area contributed by atoms with Crippen LogP contribution in [0.5, 0.6) is 0 Å². The predicted octanol–water partition coefficient (Wildman–Crippen LogP) is 0.897. The fourth-order valence-electron chi connectivity index (χ4n) is 0.207. The van der Waals surface area contributed by atoms with Gasteiger partial charge in [0.25, 0.3) is 0 Å². The van der Waals surface area contributed by atoms with Gasteiger partial charge in [0, 0.05) is 20.3 Å². The van der Waals surface area contributed by atoms with E-state index in [1.807, 2.05) is 14.1 Å². The maximum atomic E-state index is 9.60. The molecule has 0 radical (unpaired) electrons. The summed E-state index contributed by atoms with van der Waals surface area (Å²) in [6.45, 7) is 0. The number of carbonyl (C=O) groups excluding carboxylic acids is 1. The first-order valence-electron chi connectivity index (χ1n) is 2.05. The van der Waals surface area contributed by atoms with E-state index in [9.17, 15) is 4.79 Å². The minimum Gasteiger partial charge on any atom is -0.383 e. The van der Waals surface area contributed by atoms with Crippen molar-refractivity contribution in [1.29, 1.82) is 0 Å². The first-order valence-corrected chi connectivity index (χ1v) is 2.05. The summed E-state index contributed by atoms with van der Waals surface area (Å²) in [6.07, 6.45) is 3.88. The van der Waals surface area contributed by atoms with Gasteiger partial charge < -0.3 is 4.90 Å². The minimum atomic E-state index is 0. The molecular formula is C6H13NO. The highest BCUT2D eigenvalue weighted by Gasteiger charge is 1.69. The van der Waals surface area contributed by atoms with Gasteiger partial charge in [-0.2, -0.15) is 0 Å². The van der Waals surface area contributed by atoms with Crippen molar-refractivity contribution >= 4 is 6.29 Å². The molecule has 0 saturated heterocycles. The van der Waals surface area contributed by atoms with Crippen molar-refractivity contribution in [2.75, 3.05) is 14.1 Å². The molecule has 0 atom stereocenters. The molecule has 0 aromatic carbocycles. The lowest BCUT2D eigenvalue weighted by Gasteiger charge is -1.99. The fourth-order valence-corrected chi connectivity index (χ4v) is 0.207. The van der Waals surface area contributed by atoms with E-state index in [0.717, 1.165) is 6.29 Å². The summed E-state index contributed by atoms with van der Waals surface area (Å²) in [4.78, 5) is 11.4. The van der Waals surface area contributed by atoms with Gasteiger partial charge in [0.05, 0.1) is 0 Å². The van der Waals surface area contributed by atoms with E-state index in [-0.39, 0.29) is 7.43 Å². The molecule has 0 fully saturated rings. The highest BCUT2D eigenvalue weighted by molar-refractivity contribution is 5.64. The maximum Gasteiger partial charge on any atom is 0.144 e. The van der Waals surface area contributed by atoms with Crippen LogP contribution in [0.3, 0.4) is 0 Å². The van der Waals surface area contributed by atoms with Crippen molar-refractivity contribution in [3.05, 3.63) is 12.3 Å². The van der Waals surface area contributed by atoms with Crippen LogP contribution in [0, 0.1) is 0 Å². The molecule has 2 heteroatoms. The number of allylic oxidation sites excluding steroid dienone is 1. The lowest BCUT2D eigenvalue weighted by Crippen LogP contribution is -1.99. The van der Waals surface area contributed by atoms with Crippen LogP contribution in [-0.4, -0.2) is 25.3 Å².